The third kappa shape index (κ3) is 6.42. The molecule has 1 aliphatic heterocycles. The molecule has 0 saturated carbocycles. The average molecular weight is 347 g/mol. The summed E-state index contributed by atoms with van der Waals surface area (Å²) < 4.78 is 5.60. The van der Waals surface area contributed by atoms with E-state index in [0.29, 0.717) is 30.5 Å². The molecule has 0 bridgehead atoms. The number of carbonyl (C=O) groups excluding carboxylic acids is 1. The summed E-state index contributed by atoms with van der Waals surface area (Å²) in [5, 5.41) is 4.02. The van der Waals surface area contributed by atoms with Gasteiger partial charge < -0.3 is 15.0 Å². The van der Waals surface area contributed by atoms with Crippen LogP contribution < -0.4 is 10.1 Å². The third-order valence-electron chi connectivity index (χ3n) is 3.86. The zero-order valence-electron chi connectivity index (χ0n) is 12.9. The summed E-state index contributed by atoms with van der Waals surface area (Å²) in [7, 11) is 1.83. The van der Waals surface area contributed by atoms with Gasteiger partial charge in [0.15, 0.2) is 0 Å². The standard InChI is InChI=1S/C16H23ClN2O2.ClH/c1-19(16(20)7-2-13-8-9-18-12-13)10-11-21-15-5-3-14(17)4-6-15;/h3-6,13,18H,2,7-12H2,1H3;1H. The van der Waals surface area contributed by atoms with E-state index >= 15 is 0 Å². The van der Waals surface area contributed by atoms with Gasteiger partial charge in [0, 0.05) is 18.5 Å². The number of benzene rings is 1. The van der Waals surface area contributed by atoms with E-state index in [2.05, 4.69) is 5.32 Å². The summed E-state index contributed by atoms with van der Waals surface area (Å²) in [6.45, 7) is 3.24. The number of likely N-dealkylation sites (N-methyl/N-ethyl adjacent to an activating group) is 1. The van der Waals surface area contributed by atoms with Gasteiger partial charge in [-0.3, -0.25) is 4.79 Å². The predicted molar refractivity (Wildman–Crippen MR) is 92.0 cm³/mol. The molecule has 6 heteroatoms. The summed E-state index contributed by atoms with van der Waals surface area (Å²) in [5.74, 6) is 1.63. The number of amides is 1. The molecule has 1 unspecified atom stereocenters. The van der Waals surface area contributed by atoms with Gasteiger partial charge in [0.1, 0.15) is 12.4 Å². The van der Waals surface area contributed by atoms with Crippen LogP contribution in [0.4, 0.5) is 0 Å². The van der Waals surface area contributed by atoms with Gasteiger partial charge in [-0.05, 0) is 56.1 Å². The Bertz CT molecular complexity index is 448. The lowest BCUT2D eigenvalue weighted by Gasteiger charge is -2.18. The molecule has 1 aromatic carbocycles. The second-order valence-electron chi connectivity index (χ2n) is 5.52. The fourth-order valence-corrected chi connectivity index (χ4v) is 2.56. The molecule has 1 fully saturated rings. The number of halogens is 2. The number of hydrogen-bond donors (Lipinski definition) is 1. The highest BCUT2D eigenvalue weighted by molar-refractivity contribution is 6.30. The van der Waals surface area contributed by atoms with E-state index in [1.165, 1.54) is 6.42 Å². The maximum Gasteiger partial charge on any atom is 0.222 e. The molecule has 1 heterocycles. The lowest BCUT2D eigenvalue weighted by molar-refractivity contribution is -0.130. The van der Waals surface area contributed by atoms with Crippen LogP contribution in [0.2, 0.25) is 5.02 Å². The molecule has 1 aliphatic rings. The van der Waals surface area contributed by atoms with Crippen LogP contribution in [0.1, 0.15) is 19.3 Å². The van der Waals surface area contributed by atoms with E-state index < -0.39 is 0 Å². The number of carbonyl (C=O) groups is 1. The summed E-state index contributed by atoms with van der Waals surface area (Å²) in [6.07, 6.45) is 2.80. The van der Waals surface area contributed by atoms with Crippen LogP contribution in [-0.4, -0.2) is 44.1 Å². The fourth-order valence-electron chi connectivity index (χ4n) is 2.44. The summed E-state index contributed by atoms with van der Waals surface area (Å²) in [4.78, 5) is 13.8. The quantitative estimate of drug-likeness (QED) is 0.825. The topological polar surface area (TPSA) is 41.6 Å². The normalized spacial score (nSPS) is 16.9. The van der Waals surface area contributed by atoms with E-state index in [0.717, 1.165) is 25.3 Å². The fraction of sp³-hybridized carbons (Fsp3) is 0.562. The van der Waals surface area contributed by atoms with E-state index in [1.54, 1.807) is 17.0 Å². The Morgan fingerprint density at radius 1 is 1.41 bits per heavy atom. The van der Waals surface area contributed by atoms with Crippen molar-refractivity contribution in [3.05, 3.63) is 29.3 Å². The van der Waals surface area contributed by atoms with E-state index in [1.807, 2.05) is 19.2 Å². The Balaban J connectivity index is 0.00000242. The van der Waals surface area contributed by atoms with Crippen LogP contribution in [0.5, 0.6) is 5.75 Å². The van der Waals surface area contributed by atoms with Crippen molar-refractivity contribution < 1.29 is 9.53 Å². The molecule has 0 aromatic heterocycles. The highest BCUT2D eigenvalue weighted by Crippen LogP contribution is 2.16. The summed E-state index contributed by atoms with van der Waals surface area (Å²) in [5.41, 5.74) is 0. The van der Waals surface area contributed by atoms with E-state index in [9.17, 15) is 4.79 Å². The summed E-state index contributed by atoms with van der Waals surface area (Å²) >= 11 is 5.81. The molecular formula is C16H24Cl2N2O2. The molecule has 1 amide bonds. The average Bonchev–Trinajstić information content (AvgIpc) is 3.00. The Hall–Kier alpha value is -0.970. The van der Waals surface area contributed by atoms with Crippen LogP contribution in [0.15, 0.2) is 24.3 Å². The monoisotopic (exact) mass is 346 g/mol. The van der Waals surface area contributed by atoms with Crippen molar-refractivity contribution in [2.75, 3.05) is 33.3 Å². The van der Waals surface area contributed by atoms with Crippen molar-refractivity contribution in [3.8, 4) is 5.75 Å². The van der Waals surface area contributed by atoms with Gasteiger partial charge in [0.05, 0.1) is 6.54 Å². The second kappa shape index (κ2) is 9.93. The van der Waals surface area contributed by atoms with Gasteiger partial charge >= 0.3 is 0 Å². The number of nitrogens with zero attached hydrogens (tertiary/aromatic N) is 1. The Labute approximate surface area is 143 Å². The van der Waals surface area contributed by atoms with Crippen molar-refractivity contribution in [1.29, 1.82) is 0 Å². The minimum absolute atomic E-state index is 0. The zero-order chi connectivity index (χ0) is 15.1. The second-order valence-corrected chi connectivity index (χ2v) is 5.95. The maximum atomic E-state index is 12.0. The molecule has 1 aromatic rings. The van der Waals surface area contributed by atoms with Crippen LogP contribution in [0, 0.1) is 5.92 Å². The number of ether oxygens (including phenoxy) is 1. The molecule has 22 heavy (non-hydrogen) atoms. The molecule has 0 radical (unpaired) electrons. The van der Waals surface area contributed by atoms with Gasteiger partial charge in [-0.1, -0.05) is 11.6 Å². The highest BCUT2D eigenvalue weighted by Gasteiger charge is 2.17. The summed E-state index contributed by atoms with van der Waals surface area (Å²) in [6, 6.07) is 7.25. The predicted octanol–water partition coefficient (Wildman–Crippen LogP) is 2.99. The van der Waals surface area contributed by atoms with E-state index in [4.69, 9.17) is 16.3 Å². The SMILES string of the molecule is CN(CCOc1ccc(Cl)cc1)C(=O)CCC1CCNC1.Cl. The molecule has 0 spiro atoms. The third-order valence-corrected chi connectivity index (χ3v) is 4.12. The van der Waals surface area contributed by atoms with E-state index in [-0.39, 0.29) is 18.3 Å². The van der Waals surface area contributed by atoms with Crippen molar-refractivity contribution in [1.82, 2.24) is 10.2 Å². The Morgan fingerprint density at radius 2 is 2.14 bits per heavy atom. The van der Waals surface area contributed by atoms with Gasteiger partial charge in [-0.25, -0.2) is 0 Å². The van der Waals surface area contributed by atoms with Crippen molar-refractivity contribution in [3.63, 3.8) is 0 Å². The highest BCUT2D eigenvalue weighted by atomic mass is 35.5. The number of hydrogen-bond acceptors (Lipinski definition) is 3. The molecule has 1 N–H and O–H groups in total. The van der Waals surface area contributed by atoms with Gasteiger partial charge in [-0.15, -0.1) is 12.4 Å². The lowest BCUT2D eigenvalue weighted by atomic mass is 10.0. The molecule has 2 rings (SSSR count). The molecule has 1 saturated heterocycles. The first kappa shape index (κ1) is 19.1. The minimum atomic E-state index is 0. The zero-order valence-corrected chi connectivity index (χ0v) is 14.5. The molecule has 0 aliphatic carbocycles. The largest absolute Gasteiger partial charge is 0.492 e. The number of nitrogens with one attached hydrogen (secondary N) is 1. The molecule has 4 nitrogen and oxygen atoms in total. The smallest absolute Gasteiger partial charge is 0.222 e. The minimum Gasteiger partial charge on any atom is -0.492 e. The lowest BCUT2D eigenvalue weighted by Crippen LogP contribution is -2.31. The van der Waals surface area contributed by atoms with Crippen molar-refractivity contribution in [2.45, 2.75) is 19.3 Å². The Kier molecular flexibility index (Phi) is 8.61. The first-order chi connectivity index (χ1) is 10.1. The molecule has 1 atom stereocenters. The van der Waals surface area contributed by atoms with Crippen molar-refractivity contribution >= 4 is 29.9 Å². The molecule has 124 valence electrons. The first-order valence-electron chi connectivity index (χ1n) is 7.48. The van der Waals surface area contributed by atoms with Crippen LogP contribution in [0.25, 0.3) is 0 Å². The Morgan fingerprint density at radius 3 is 2.77 bits per heavy atom. The maximum absolute atomic E-state index is 12.0. The van der Waals surface area contributed by atoms with Crippen LogP contribution in [-0.2, 0) is 4.79 Å². The van der Waals surface area contributed by atoms with Crippen molar-refractivity contribution in [2.24, 2.45) is 5.92 Å². The number of rotatable bonds is 7. The van der Waals surface area contributed by atoms with Crippen LogP contribution in [0.3, 0.4) is 0 Å². The molecular weight excluding hydrogens is 323 g/mol. The van der Waals surface area contributed by atoms with Gasteiger partial charge in [-0.2, -0.15) is 0 Å². The van der Waals surface area contributed by atoms with Gasteiger partial charge in [0.25, 0.3) is 0 Å². The van der Waals surface area contributed by atoms with Gasteiger partial charge in [0.2, 0.25) is 5.91 Å². The van der Waals surface area contributed by atoms with Crippen LogP contribution >= 0.6 is 24.0 Å². The first-order valence-corrected chi connectivity index (χ1v) is 7.86.